The molecule has 0 radical (unpaired) electrons. The van der Waals surface area contributed by atoms with Gasteiger partial charge in [-0.05, 0) is 84.6 Å². The van der Waals surface area contributed by atoms with E-state index in [1.807, 2.05) is 72.8 Å². The molecule has 2 aliphatic carbocycles. The molecule has 4 aromatic carbocycles. The molecule has 6 aromatic rings. The molecule has 2 fully saturated rings. The molecule has 2 aliphatic heterocycles. The fourth-order valence-corrected chi connectivity index (χ4v) is 11.5. The molecule has 56 heavy (non-hydrogen) atoms. The lowest BCUT2D eigenvalue weighted by Crippen LogP contribution is -2.31. The van der Waals surface area contributed by atoms with Crippen LogP contribution in [0.5, 0.6) is 0 Å². The average molecular weight is 779 g/mol. The molecule has 0 bridgehead atoms. The molecule has 4 aliphatic rings. The van der Waals surface area contributed by atoms with Crippen molar-refractivity contribution in [3.63, 3.8) is 0 Å². The number of para-hydroxylation sites is 2. The number of benzene rings is 4. The highest BCUT2D eigenvalue weighted by atomic mass is 33.1. The van der Waals surface area contributed by atoms with E-state index in [0.717, 1.165) is 54.1 Å². The molecule has 10 nitrogen and oxygen atoms in total. The van der Waals surface area contributed by atoms with Crippen LogP contribution in [-0.4, -0.2) is 44.6 Å². The molecule has 0 N–H and O–H groups in total. The summed E-state index contributed by atoms with van der Waals surface area (Å²) in [7, 11) is 3.03. The number of hydrogen-bond acceptors (Lipinski definition) is 8. The Morgan fingerprint density at radius 3 is 1.18 bits per heavy atom. The van der Waals surface area contributed by atoms with E-state index in [9.17, 15) is 28.8 Å². The summed E-state index contributed by atoms with van der Waals surface area (Å²) in [5, 5.41) is 1.91. The van der Waals surface area contributed by atoms with Crippen LogP contribution in [0.1, 0.15) is 46.0 Å². The van der Waals surface area contributed by atoms with Crippen molar-refractivity contribution >= 4 is 90.2 Å². The summed E-state index contributed by atoms with van der Waals surface area (Å²) in [5.41, 5.74) is 6.27. The number of hydrogen-bond donors (Lipinski definition) is 0. The second kappa shape index (κ2) is 12.9. The predicted molar refractivity (Wildman–Crippen MR) is 215 cm³/mol. The summed E-state index contributed by atoms with van der Waals surface area (Å²) >= 11 is 0. The molecule has 278 valence electrons. The lowest BCUT2D eigenvalue weighted by Gasteiger charge is -2.23. The van der Waals surface area contributed by atoms with E-state index in [1.165, 1.54) is 45.2 Å². The van der Waals surface area contributed by atoms with Crippen LogP contribution in [0.4, 0.5) is 11.4 Å². The molecular formula is C44H34N4O6S2. The van der Waals surface area contributed by atoms with Gasteiger partial charge in [0.25, 0.3) is 0 Å². The summed E-state index contributed by atoms with van der Waals surface area (Å²) < 4.78 is 3.39. The fourth-order valence-electron chi connectivity index (χ4n) is 9.57. The molecule has 2 aromatic heterocycles. The third-order valence-corrected chi connectivity index (χ3v) is 14.4. The number of amides is 4. The zero-order chi connectivity index (χ0) is 38.6. The van der Waals surface area contributed by atoms with Crippen LogP contribution in [-0.2, 0) is 44.9 Å². The topological polar surface area (TPSA) is 119 Å². The highest BCUT2D eigenvalue weighted by molar-refractivity contribution is 8.76. The predicted octanol–water partition coefficient (Wildman–Crippen LogP) is 7.52. The highest BCUT2D eigenvalue weighted by Gasteiger charge is 2.52. The number of imide groups is 2. The van der Waals surface area contributed by atoms with E-state index in [1.54, 1.807) is 33.4 Å². The second-order valence-electron chi connectivity index (χ2n) is 15.0. The van der Waals surface area contributed by atoms with Gasteiger partial charge in [-0.15, -0.1) is 0 Å². The Kier molecular flexibility index (Phi) is 8.02. The lowest BCUT2D eigenvalue weighted by atomic mass is 9.79. The van der Waals surface area contributed by atoms with Gasteiger partial charge in [0, 0.05) is 58.6 Å². The van der Waals surface area contributed by atoms with Gasteiger partial charge in [0.15, 0.2) is 0 Å². The van der Waals surface area contributed by atoms with Crippen molar-refractivity contribution in [3.05, 3.63) is 120 Å². The maximum atomic E-state index is 13.8. The standard InChI is InChI=1S/C44H34N4O6S2/c1-23(49)45-37-9-5-3-7-29(37)31-19-33-35(21-39(31)45)43(53)47(41(33)51)25-11-15-27(16-12-25)55-56-28-17-13-26(14-18-28)48-42(52)34-20-32-30-8-4-6-10-38(30)46(24(2)50)40(32)22-36(34)44(48)54/h3-18,33-36H,19-22H2,1-2H3. The number of fused-ring (bicyclic) bond motifs is 8. The van der Waals surface area contributed by atoms with Crippen LogP contribution < -0.4 is 9.80 Å². The first-order valence-corrected chi connectivity index (χ1v) is 20.8. The Morgan fingerprint density at radius 1 is 0.482 bits per heavy atom. The first-order valence-electron chi connectivity index (χ1n) is 18.6. The van der Waals surface area contributed by atoms with E-state index in [0.29, 0.717) is 37.1 Å². The number of carbonyl (C=O) groups excluding carboxylic acids is 6. The van der Waals surface area contributed by atoms with E-state index in [4.69, 9.17) is 0 Å². The summed E-state index contributed by atoms with van der Waals surface area (Å²) in [6.45, 7) is 3.05. The number of carbonyl (C=O) groups is 6. The monoisotopic (exact) mass is 778 g/mol. The Labute approximate surface area is 329 Å². The van der Waals surface area contributed by atoms with Gasteiger partial charge in [0.2, 0.25) is 35.4 Å². The van der Waals surface area contributed by atoms with Crippen LogP contribution in [0.15, 0.2) is 107 Å². The fraction of sp³-hybridized carbons (Fsp3) is 0.227. The van der Waals surface area contributed by atoms with Gasteiger partial charge in [-0.25, -0.2) is 0 Å². The van der Waals surface area contributed by atoms with Crippen molar-refractivity contribution in [3.8, 4) is 0 Å². The molecule has 4 amide bonds. The van der Waals surface area contributed by atoms with Crippen molar-refractivity contribution in [1.82, 2.24) is 9.13 Å². The van der Waals surface area contributed by atoms with Crippen LogP contribution in [0, 0.1) is 23.7 Å². The maximum absolute atomic E-state index is 13.8. The Morgan fingerprint density at radius 2 is 0.821 bits per heavy atom. The van der Waals surface area contributed by atoms with Gasteiger partial charge in [-0.1, -0.05) is 58.0 Å². The summed E-state index contributed by atoms with van der Waals surface area (Å²) in [5.74, 6) is -3.11. The average Bonchev–Trinajstić information content (AvgIpc) is 3.87. The van der Waals surface area contributed by atoms with Crippen molar-refractivity contribution < 1.29 is 28.8 Å². The van der Waals surface area contributed by atoms with Gasteiger partial charge in [-0.3, -0.25) is 47.7 Å². The largest absolute Gasteiger partial charge is 0.284 e. The Hall–Kier alpha value is -5.72. The van der Waals surface area contributed by atoms with Gasteiger partial charge in [-0.2, -0.15) is 0 Å². The van der Waals surface area contributed by atoms with E-state index >= 15 is 0 Å². The molecule has 0 saturated carbocycles. The minimum atomic E-state index is -0.521. The normalized spacial score (nSPS) is 21.5. The zero-order valence-electron chi connectivity index (χ0n) is 30.4. The maximum Gasteiger partial charge on any atom is 0.238 e. The van der Waals surface area contributed by atoms with Crippen molar-refractivity contribution in [2.45, 2.75) is 49.3 Å². The Bertz CT molecular complexity index is 2540. The van der Waals surface area contributed by atoms with Gasteiger partial charge < -0.3 is 0 Å². The molecule has 4 atom stereocenters. The SMILES string of the molecule is CC(=O)n1c2c(c3ccccc31)CC1C(=O)N(c3ccc(SSc4ccc(N5C(=O)C6Cc7c(n(C(C)=O)c8ccccc78)CC6C5=O)cc4)cc3)C(=O)C1C2. The second-order valence-corrected chi connectivity index (χ2v) is 17.3. The number of nitrogens with zero attached hydrogens (tertiary/aromatic N) is 4. The minimum absolute atomic E-state index is 0.109. The smallest absolute Gasteiger partial charge is 0.238 e. The van der Waals surface area contributed by atoms with Crippen LogP contribution >= 0.6 is 21.6 Å². The van der Waals surface area contributed by atoms with Crippen LogP contribution in [0.25, 0.3) is 21.8 Å². The molecule has 4 unspecified atom stereocenters. The number of anilines is 2. The minimum Gasteiger partial charge on any atom is -0.284 e. The van der Waals surface area contributed by atoms with Crippen LogP contribution in [0.3, 0.4) is 0 Å². The zero-order valence-corrected chi connectivity index (χ0v) is 32.1. The first kappa shape index (κ1) is 34.7. The molecule has 12 heteroatoms. The van der Waals surface area contributed by atoms with Crippen molar-refractivity contribution in [2.75, 3.05) is 9.80 Å². The summed E-state index contributed by atoms with van der Waals surface area (Å²) in [6.07, 6.45) is 1.52. The van der Waals surface area contributed by atoms with Crippen molar-refractivity contribution in [2.24, 2.45) is 23.7 Å². The third kappa shape index (κ3) is 5.11. The molecule has 4 heterocycles. The van der Waals surface area contributed by atoms with Crippen molar-refractivity contribution in [1.29, 1.82) is 0 Å². The van der Waals surface area contributed by atoms with E-state index in [-0.39, 0.29) is 35.4 Å². The van der Waals surface area contributed by atoms with E-state index in [2.05, 4.69) is 0 Å². The van der Waals surface area contributed by atoms with Crippen LogP contribution in [0.2, 0.25) is 0 Å². The molecule has 0 spiro atoms. The van der Waals surface area contributed by atoms with Gasteiger partial charge in [0.05, 0.1) is 46.1 Å². The summed E-state index contributed by atoms with van der Waals surface area (Å²) in [4.78, 5) is 84.8. The molecule has 10 rings (SSSR count). The number of aromatic nitrogens is 2. The number of rotatable bonds is 5. The van der Waals surface area contributed by atoms with Gasteiger partial charge >= 0.3 is 0 Å². The molecular weight excluding hydrogens is 745 g/mol. The summed E-state index contributed by atoms with van der Waals surface area (Å²) in [6, 6.07) is 30.1. The molecule has 2 saturated heterocycles. The highest BCUT2D eigenvalue weighted by Crippen LogP contribution is 2.46. The Balaban J connectivity index is 0.809. The van der Waals surface area contributed by atoms with Gasteiger partial charge in [0.1, 0.15) is 0 Å². The first-order chi connectivity index (χ1) is 27.1. The lowest BCUT2D eigenvalue weighted by molar-refractivity contribution is -0.124. The quantitative estimate of drug-likeness (QED) is 0.130. The third-order valence-electron chi connectivity index (χ3n) is 12.0. The van der Waals surface area contributed by atoms with E-state index < -0.39 is 23.7 Å².